The molecule has 1 aliphatic heterocycles. The molecular weight excluding hydrogens is 467 g/mol. The van der Waals surface area contributed by atoms with Gasteiger partial charge in [0.05, 0.1) is 25.2 Å². The van der Waals surface area contributed by atoms with Gasteiger partial charge in [-0.15, -0.1) is 0 Å². The van der Waals surface area contributed by atoms with Crippen molar-refractivity contribution in [2.45, 2.75) is 31.1 Å². The number of aliphatic hydroxyl groups is 2. The van der Waals surface area contributed by atoms with Crippen LogP contribution in [0.1, 0.15) is 11.9 Å². The normalized spacial score (nSPS) is 23.7. The van der Waals surface area contributed by atoms with Crippen LogP contribution in [0, 0.1) is 0 Å². The zero-order valence-electron chi connectivity index (χ0n) is 16.4. The van der Waals surface area contributed by atoms with Crippen LogP contribution in [-0.4, -0.2) is 75.8 Å². The molecule has 32 heavy (non-hydrogen) atoms. The number of imidazole rings is 1. The third kappa shape index (κ3) is 5.05. The third-order valence-corrected chi connectivity index (χ3v) is 5.40. The van der Waals surface area contributed by atoms with E-state index in [-0.39, 0.29) is 17.5 Å². The van der Waals surface area contributed by atoms with E-state index in [1.54, 1.807) is 12.3 Å². The Morgan fingerprint density at radius 1 is 1.22 bits per heavy atom. The summed E-state index contributed by atoms with van der Waals surface area (Å²) >= 11 is 6.08. The van der Waals surface area contributed by atoms with Crippen molar-refractivity contribution < 1.29 is 34.0 Å². The van der Waals surface area contributed by atoms with Crippen LogP contribution in [0.3, 0.4) is 0 Å². The Hall–Kier alpha value is -2.22. The van der Waals surface area contributed by atoms with Gasteiger partial charge in [-0.05, 0) is 23.7 Å². The van der Waals surface area contributed by atoms with Gasteiger partial charge in [0.2, 0.25) is 5.28 Å². The van der Waals surface area contributed by atoms with Crippen molar-refractivity contribution in [3.63, 3.8) is 0 Å². The van der Waals surface area contributed by atoms with Crippen molar-refractivity contribution in [2.24, 2.45) is 0 Å². The maximum absolute atomic E-state index is 10.9. The Labute approximate surface area is 186 Å². The Morgan fingerprint density at radius 3 is 2.75 bits per heavy atom. The fourth-order valence-electron chi connectivity index (χ4n) is 3.26. The van der Waals surface area contributed by atoms with Gasteiger partial charge in [-0.1, -0.05) is 6.07 Å². The fraction of sp³-hybridized carbons (Fsp3) is 0.412. The van der Waals surface area contributed by atoms with E-state index >= 15 is 0 Å². The Morgan fingerprint density at radius 2 is 2.03 bits per heavy atom. The molecule has 172 valence electrons. The molecule has 3 aromatic heterocycles. The van der Waals surface area contributed by atoms with Crippen LogP contribution < -0.4 is 5.32 Å². The number of fused-ring (bicyclic) bond motifs is 1. The van der Waals surface area contributed by atoms with Gasteiger partial charge in [0.1, 0.15) is 24.7 Å². The lowest BCUT2D eigenvalue weighted by atomic mass is 10.1. The highest BCUT2D eigenvalue weighted by Crippen LogP contribution is 2.36. The van der Waals surface area contributed by atoms with Gasteiger partial charge in [-0.25, -0.2) is 4.98 Å². The topological polar surface area (TPSA) is 185 Å². The number of hydrogen-bond acceptors (Lipinski definition) is 10. The first-order valence-electron chi connectivity index (χ1n) is 9.41. The lowest BCUT2D eigenvalue weighted by Crippen LogP contribution is -2.33. The third-order valence-electron chi connectivity index (χ3n) is 4.71. The Bertz CT molecular complexity index is 1130. The molecule has 0 bridgehead atoms. The molecule has 13 nitrogen and oxygen atoms in total. The number of hydrogen-bond donors (Lipinski definition) is 5. The van der Waals surface area contributed by atoms with Crippen LogP contribution in [0.25, 0.3) is 11.2 Å². The van der Waals surface area contributed by atoms with E-state index in [4.69, 9.17) is 30.9 Å². The molecule has 0 saturated carbocycles. The number of anilines is 1. The smallest absolute Gasteiger partial charge is 0.350 e. The summed E-state index contributed by atoms with van der Waals surface area (Å²) < 4.78 is 22.9. The molecule has 15 heteroatoms. The van der Waals surface area contributed by atoms with Crippen molar-refractivity contribution >= 4 is 36.2 Å². The quantitative estimate of drug-likeness (QED) is 0.216. The fourth-order valence-corrected chi connectivity index (χ4v) is 3.77. The predicted octanol–water partition coefficient (Wildman–Crippen LogP) is 0.258. The lowest BCUT2D eigenvalue weighted by molar-refractivity contribution is -0.0612. The number of halogens is 1. The Balaban J connectivity index is 1.54. The summed E-state index contributed by atoms with van der Waals surface area (Å²) in [5, 5.41) is 23.8. The van der Waals surface area contributed by atoms with E-state index in [2.05, 4.69) is 25.3 Å². The summed E-state index contributed by atoms with van der Waals surface area (Å²) in [5.74, 6) is 0.346. The number of ether oxygens (including phenoxy) is 2. The second-order valence-corrected chi connectivity index (χ2v) is 8.98. The summed E-state index contributed by atoms with van der Waals surface area (Å²) in [4.78, 5) is 34.6. The molecule has 4 heterocycles. The molecule has 1 unspecified atom stereocenters. The van der Waals surface area contributed by atoms with E-state index in [1.807, 2.05) is 12.1 Å². The van der Waals surface area contributed by atoms with Crippen LogP contribution in [0.2, 0.25) is 5.28 Å². The molecule has 5 N–H and O–H groups in total. The van der Waals surface area contributed by atoms with Gasteiger partial charge in [0, 0.05) is 6.20 Å². The standard InChI is InChI=1S/C17H20ClN6O7P/c18-17-22-14(20-5-9-3-1-2-4-19-9)11-15(23-17)24(7-21-11)16-13(26)12(25)10(31-16)6-30-8-32(27,28)29/h1-4,7,10,12-13,16,25-26H,5-6,8H2,(H,20,22,23)(H2,27,28,29)/t10-,12-,13-,16?/m1/s1. The van der Waals surface area contributed by atoms with Crippen LogP contribution >= 0.6 is 19.2 Å². The SMILES string of the molecule is O=P(O)(O)COC[C@H]1OC(n2cnc3c(NCc4ccccn4)nc(Cl)nc32)[C@H](O)[C@@H]1O. The molecule has 0 spiro atoms. The van der Waals surface area contributed by atoms with Crippen molar-refractivity contribution in [3.8, 4) is 0 Å². The minimum absolute atomic E-state index is 0.0719. The summed E-state index contributed by atoms with van der Waals surface area (Å²) in [5.41, 5.74) is 1.38. The van der Waals surface area contributed by atoms with Gasteiger partial charge >= 0.3 is 7.60 Å². The number of aromatic nitrogens is 5. The number of rotatable bonds is 8. The van der Waals surface area contributed by atoms with Crippen LogP contribution in [0.5, 0.6) is 0 Å². The van der Waals surface area contributed by atoms with Gasteiger partial charge in [-0.2, -0.15) is 9.97 Å². The zero-order valence-corrected chi connectivity index (χ0v) is 18.0. The average Bonchev–Trinajstić information content (AvgIpc) is 3.28. The first-order chi connectivity index (χ1) is 15.2. The zero-order chi connectivity index (χ0) is 22.9. The van der Waals surface area contributed by atoms with Crippen molar-refractivity contribution in [1.29, 1.82) is 0 Å². The highest BCUT2D eigenvalue weighted by Gasteiger charge is 2.44. The monoisotopic (exact) mass is 486 g/mol. The van der Waals surface area contributed by atoms with Gasteiger partial charge in [0.25, 0.3) is 0 Å². The van der Waals surface area contributed by atoms with Gasteiger partial charge in [-0.3, -0.25) is 14.1 Å². The molecular formula is C17H20ClN6O7P. The number of pyridine rings is 1. The molecule has 3 aromatic rings. The summed E-state index contributed by atoms with van der Waals surface area (Å²) in [6.45, 7) is 0.0233. The molecule has 0 aliphatic carbocycles. The van der Waals surface area contributed by atoms with E-state index in [0.717, 1.165) is 5.69 Å². The molecule has 0 amide bonds. The van der Waals surface area contributed by atoms with Gasteiger partial charge < -0.3 is 34.8 Å². The largest absolute Gasteiger partial charge is 0.387 e. The highest BCUT2D eigenvalue weighted by molar-refractivity contribution is 7.51. The molecule has 0 aromatic carbocycles. The molecule has 0 radical (unpaired) electrons. The maximum atomic E-state index is 10.9. The van der Waals surface area contributed by atoms with Crippen molar-refractivity contribution in [2.75, 3.05) is 18.3 Å². The molecule has 1 saturated heterocycles. The predicted molar refractivity (Wildman–Crippen MR) is 111 cm³/mol. The van der Waals surface area contributed by atoms with E-state index in [9.17, 15) is 14.8 Å². The summed E-state index contributed by atoms with van der Waals surface area (Å²) in [7, 11) is -4.37. The molecule has 4 atom stereocenters. The van der Waals surface area contributed by atoms with Crippen molar-refractivity contribution in [3.05, 3.63) is 41.7 Å². The number of aliphatic hydroxyl groups excluding tert-OH is 2. The van der Waals surface area contributed by atoms with Crippen LogP contribution in [0.15, 0.2) is 30.7 Å². The first-order valence-corrected chi connectivity index (χ1v) is 11.6. The van der Waals surface area contributed by atoms with E-state index in [1.165, 1.54) is 10.9 Å². The summed E-state index contributed by atoms with van der Waals surface area (Å²) in [6, 6.07) is 5.49. The minimum atomic E-state index is -4.37. The van der Waals surface area contributed by atoms with E-state index in [0.29, 0.717) is 17.9 Å². The number of nitrogens with one attached hydrogen (secondary N) is 1. The van der Waals surface area contributed by atoms with Crippen LogP contribution in [-0.2, 0) is 20.6 Å². The summed E-state index contributed by atoms with van der Waals surface area (Å²) in [6.07, 6.45) is -2.67. The number of nitrogens with zero attached hydrogens (tertiary/aromatic N) is 5. The molecule has 1 aliphatic rings. The average molecular weight is 487 g/mol. The molecule has 1 fully saturated rings. The highest BCUT2D eigenvalue weighted by atomic mass is 35.5. The lowest BCUT2D eigenvalue weighted by Gasteiger charge is -2.17. The van der Waals surface area contributed by atoms with E-state index < -0.39 is 38.5 Å². The maximum Gasteiger partial charge on any atom is 0.350 e. The first kappa shape index (κ1) is 23.0. The van der Waals surface area contributed by atoms with Crippen LogP contribution in [0.4, 0.5) is 5.82 Å². The Kier molecular flexibility index (Phi) is 6.70. The molecule has 4 rings (SSSR count). The van der Waals surface area contributed by atoms with Gasteiger partial charge in [0.15, 0.2) is 23.2 Å². The minimum Gasteiger partial charge on any atom is -0.387 e. The second-order valence-electron chi connectivity index (χ2n) is 7.05. The second kappa shape index (κ2) is 9.33. The van der Waals surface area contributed by atoms with Crippen molar-refractivity contribution in [1.82, 2.24) is 24.5 Å².